The van der Waals surface area contributed by atoms with Crippen LogP contribution in [0.3, 0.4) is 0 Å². The molecule has 4 nitrogen and oxygen atoms in total. The van der Waals surface area contributed by atoms with Gasteiger partial charge in [-0.3, -0.25) is 9.59 Å². The van der Waals surface area contributed by atoms with E-state index in [9.17, 15) is 18.4 Å². The molecule has 4 bridgehead atoms. The molecule has 4 aliphatic carbocycles. The summed E-state index contributed by atoms with van der Waals surface area (Å²) in [6.45, 7) is -0.327. The molecule has 1 aromatic rings. The van der Waals surface area contributed by atoms with Crippen LogP contribution in [0.4, 0.5) is 8.78 Å². The molecule has 1 amide bonds. The highest BCUT2D eigenvalue weighted by atomic mass is 32.2. The number of carbonyl (C=O) groups excluding carboxylic acids is 2. The first-order valence-electron chi connectivity index (χ1n) is 9.45. The first-order chi connectivity index (χ1) is 12.9. The van der Waals surface area contributed by atoms with Crippen LogP contribution in [0.1, 0.15) is 38.5 Å². The molecule has 1 aromatic carbocycles. The Morgan fingerprint density at radius 2 is 1.74 bits per heavy atom. The second-order valence-electron chi connectivity index (χ2n) is 8.27. The van der Waals surface area contributed by atoms with E-state index < -0.39 is 17.6 Å². The topological polar surface area (TPSA) is 55.4 Å². The number of hydrogen-bond donors (Lipinski definition) is 1. The summed E-state index contributed by atoms with van der Waals surface area (Å²) >= 11 is 0.855. The molecular formula is C20H23F2NO3S. The smallest absolute Gasteiger partial charge is 0.316 e. The maximum absolute atomic E-state index is 13.5. The Kier molecular flexibility index (Phi) is 5.14. The number of ether oxygens (including phenoxy) is 1. The van der Waals surface area contributed by atoms with Gasteiger partial charge in [0.2, 0.25) is 0 Å². The summed E-state index contributed by atoms with van der Waals surface area (Å²) in [5, 5.41) is 3.14. The third-order valence-corrected chi connectivity index (χ3v) is 7.05. The molecule has 146 valence electrons. The van der Waals surface area contributed by atoms with Crippen molar-refractivity contribution in [2.75, 3.05) is 12.4 Å². The van der Waals surface area contributed by atoms with Crippen LogP contribution in [0.15, 0.2) is 23.1 Å². The van der Waals surface area contributed by atoms with Crippen molar-refractivity contribution >= 4 is 23.6 Å². The third-order valence-electron chi connectivity index (χ3n) is 6.05. The van der Waals surface area contributed by atoms with Gasteiger partial charge >= 0.3 is 5.97 Å². The predicted octanol–water partition coefficient (Wildman–Crippen LogP) is 3.69. The molecule has 0 saturated heterocycles. The van der Waals surface area contributed by atoms with Crippen LogP contribution in [0.5, 0.6) is 0 Å². The van der Waals surface area contributed by atoms with Gasteiger partial charge in [0, 0.05) is 10.4 Å². The van der Waals surface area contributed by atoms with Crippen LogP contribution >= 0.6 is 11.8 Å². The fraction of sp³-hybridized carbons (Fsp3) is 0.600. The van der Waals surface area contributed by atoms with E-state index in [1.807, 2.05) is 0 Å². The van der Waals surface area contributed by atoms with Gasteiger partial charge in [-0.25, -0.2) is 8.78 Å². The van der Waals surface area contributed by atoms with Gasteiger partial charge in [0.05, 0.1) is 5.75 Å². The highest BCUT2D eigenvalue weighted by Crippen LogP contribution is 2.55. The molecule has 0 aromatic heterocycles. The van der Waals surface area contributed by atoms with E-state index in [0.717, 1.165) is 67.0 Å². The predicted molar refractivity (Wildman–Crippen MR) is 97.1 cm³/mol. The van der Waals surface area contributed by atoms with Crippen molar-refractivity contribution in [3.8, 4) is 0 Å². The SMILES string of the molecule is O=C(COC(=O)CSc1cc(F)ccc1F)NC12CC3CC(CC(C3)C1)C2. The van der Waals surface area contributed by atoms with Crippen molar-refractivity contribution in [2.45, 2.75) is 49.0 Å². The number of esters is 1. The molecule has 27 heavy (non-hydrogen) atoms. The fourth-order valence-corrected chi connectivity index (χ4v) is 6.27. The lowest BCUT2D eigenvalue weighted by molar-refractivity contribution is -0.147. The standard InChI is InChI=1S/C20H23F2NO3S/c21-15-1-2-16(22)17(6-15)27-11-19(25)26-10-18(24)23-20-7-12-3-13(8-20)5-14(4-12)9-20/h1-2,6,12-14H,3-5,7-11H2,(H,23,24). The van der Waals surface area contributed by atoms with Crippen LogP contribution in [0.2, 0.25) is 0 Å². The minimum atomic E-state index is -0.621. The molecule has 0 atom stereocenters. The molecule has 1 N–H and O–H groups in total. The number of hydrogen-bond acceptors (Lipinski definition) is 4. The minimum Gasteiger partial charge on any atom is -0.455 e. The lowest BCUT2D eigenvalue weighted by Crippen LogP contribution is -2.60. The van der Waals surface area contributed by atoms with Gasteiger partial charge in [-0.05, 0) is 74.5 Å². The minimum absolute atomic E-state index is 0.0463. The molecule has 4 aliphatic rings. The fourth-order valence-electron chi connectivity index (χ4n) is 5.51. The van der Waals surface area contributed by atoms with Crippen LogP contribution in [-0.4, -0.2) is 29.8 Å². The number of benzene rings is 1. The van der Waals surface area contributed by atoms with E-state index in [1.54, 1.807) is 0 Å². The quantitative estimate of drug-likeness (QED) is 0.590. The van der Waals surface area contributed by atoms with Crippen molar-refractivity contribution in [3.05, 3.63) is 29.8 Å². The second-order valence-corrected chi connectivity index (χ2v) is 9.29. The Labute approximate surface area is 161 Å². The van der Waals surface area contributed by atoms with Crippen LogP contribution in [-0.2, 0) is 14.3 Å². The maximum atomic E-state index is 13.5. The van der Waals surface area contributed by atoms with Crippen molar-refractivity contribution < 1.29 is 23.1 Å². The molecule has 4 saturated carbocycles. The first-order valence-corrected chi connectivity index (χ1v) is 10.4. The Bertz CT molecular complexity index is 719. The van der Waals surface area contributed by atoms with Gasteiger partial charge < -0.3 is 10.1 Å². The van der Waals surface area contributed by atoms with Gasteiger partial charge in [0.15, 0.2) is 6.61 Å². The highest BCUT2D eigenvalue weighted by Gasteiger charge is 2.51. The Morgan fingerprint density at radius 1 is 1.11 bits per heavy atom. The molecule has 0 radical (unpaired) electrons. The van der Waals surface area contributed by atoms with Crippen molar-refractivity contribution in [1.29, 1.82) is 0 Å². The molecule has 5 rings (SSSR count). The van der Waals surface area contributed by atoms with Gasteiger partial charge in [0.25, 0.3) is 5.91 Å². The Morgan fingerprint density at radius 3 is 2.37 bits per heavy atom. The van der Waals surface area contributed by atoms with Crippen molar-refractivity contribution in [2.24, 2.45) is 17.8 Å². The van der Waals surface area contributed by atoms with Gasteiger partial charge in [-0.15, -0.1) is 11.8 Å². The lowest BCUT2D eigenvalue weighted by atomic mass is 9.53. The summed E-state index contributed by atoms with van der Waals surface area (Å²) in [6, 6.07) is 3.07. The highest BCUT2D eigenvalue weighted by molar-refractivity contribution is 8.00. The third kappa shape index (κ3) is 4.28. The number of amides is 1. The second kappa shape index (κ2) is 7.41. The average molecular weight is 395 g/mol. The summed E-state index contributed by atoms with van der Waals surface area (Å²) in [6.07, 6.45) is 6.97. The summed E-state index contributed by atoms with van der Waals surface area (Å²) < 4.78 is 31.7. The van der Waals surface area contributed by atoms with Crippen LogP contribution in [0.25, 0.3) is 0 Å². The van der Waals surface area contributed by atoms with Gasteiger partial charge in [-0.2, -0.15) is 0 Å². The Balaban J connectivity index is 1.23. The molecule has 4 fully saturated rings. The molecule has 0 unspecified atom stereocenters. The normalized spacial score (nSPS) is 31.0. The molecule has 0 spiro atoms. The largest absolute Gasteiger partial charge is 0.455 e. The van der Waals surface area contributed by atoms with Crippen LogP contribution in [0, 0.1) is 29.4 Å². The zero-order valence-corrected chi connectivity index (χ0v) is 15.8. The van der Waals surface area contributed by atoms with Crippen molar-refractivity contribution in [1.82, 2.24) is 5.32 Å². The molecule has 0 aliphatic heterocycles. The first kappa shape index (κ1) is 18.7. The van der Waals surface area contributed by atoms with E-state index in [4.69, 9.17) is 4.74 Å². The van der Waals surface area contributed by atoms with Crippen molar-refractivity contribution in [3.63, 3.8) is 0 Å². The lowest BCUT2D eigenvalue weighted by Gasteiger charge is -2.56. The summed E-state index contributed by atoms with van der Waals surface area (Å²) in [5.41, 5.74) is -0.113. The monoisotopic (exact) mass is 395 g/mol. The van der Waals surface area contributed by atoms with Gasteiger partial charge in [0.1, 0.15) is 11.6 Å². The maximum Gasteiger partial charge on any atom is 0.316 e. The zero-order chi connectivity index (χ0) is 19.0. The number of thioether (sulfide) groups is 1. The number of rotatable bonds is 6. The number of halogens is 2. The van der Waals surface area contributed by atoms with E-state index in [-0.39, 0.29) is 28.7 Å². The summed E-state index contributed by atoms with van der Waals surface area (Å²) in [7, 11) is 0. The van der Waals surface area contributed by atoms with Gasteiger partial charge in [-0.1, -0.05) is 0 Å². The number of nitrogens with one attached hydrogen (secondary N) is 1. The van der Waals surface area contributed by atoms with E-state index in [1.165, 1.54) is 19.3 Å². The molecular weight excluding hydrogens is 372 g/mol. The molecule has 0 heterocycles. The van der Waals surface area contributed by atoms with E-state index >= 15 is 0 Å². The van der Waals surface area contributed by atoms with Crippen LogP contribution < -0.4 is 5.32 Å². The zero-order valence-electron chi connectivity index (χ0n) is 15.0. The Hall–Kier alpha value is -1.63. The summed E-state index contributed by atoms with van der Waals surface area (Å²) in [4.78, 5) is 24.2. The summed E-state index contributed by atoms with van der Waals surface area (Å²) in [5.74, 6) is -0.0668. The average Bonchev–Trinajstić information content (AvgIpc) is 2.59. The van der Waals surface area contributed by atoms with E-state index in [0.29, 0.717) is 0 Å². The number of carbonyl (C=O) groups is 2. The van der Waals surface area contributed by atoms with E-state index in [2.05, 4.69) is 5.32 Å². The molecule has 7 heteroatoms.